The normalized spacial score (nSPS) is 11.5. The van der Waals surface area contributed by atoms with Gasteiger partial charge >= 0.3 is 0 Å². The van der Waals surface area contributed by atoms with E-state index < -0.39 is 15.9 Å². The maximum absolute atomic E-state index is 13.0. The van der Waals surface area contributed by atoms with Gasteiger partial charge < -0.3 is 5.32 Å². The summed E-state index contributed by atoms with van der Waals surface area (Å²) in [6, 6.07) is 15.4. The standard InChI is InChI=1S/C21H25N5O4S/c1-3-24-30-14-17-11-15(2)26(25-17)20-10-9-18(31(22,28)29)12-19(20)21(27)23-13-16-7-5-4-6-8-16/h4-12,24H,3,13-14H2,1-2H3,(H,23,27)(H2,22,28,29). The van der Waals surface area contributed by atoms with Crippen LogP contribution in [0.4, 0.5) is 0 Å². The quantitative estimate of drug-likeness (QED) is 0.342. The zero-order valence-electron chi connectivity index (χ0n) is 17.3. The Bertz CT molecular complexity index is 1160. The molecule has 4 N–H and O–H groups in total. The maximum Gasteiger partial charge on any atom is 0.253 e. The minimum atomic E-state index is -3.98. The molecule has 9 nitrogen and oxygen atoms in total. The average molecular weight is 444 g/mol. The molecule has 0 spiro atoms. The van der Waals surface area contributed by atoms with Crippen molar-refractivity contribution in [1.82, 2.24) is 20.6 Å². The van der Waals surface area contributed by atoms with Crippen LogP contribution in [0.1, 0.15) is 34.2 Å². The highest BCUT2D eigenvalue weighted by atomic mass is 32.2. The monoisotopic (exact) mass is 443 g/mol. The average Bonchev–Trinajstić information content (AvgIpc) is 3.12. The van der Waals surface area contributed by atoms with Gasteiger partial charge in [0.25, 0.3) is 5.91 Å². The van der Waals surface area contributed by atoms with Crippen molar-refractivity contribution in [3.8, 4) is 5.69 Å². The first kappa shape index (κ1) is 22.6. The van der Waals surface area contributed by atoms with E-state index in [9.17, 15) is 13.2 Å². The number of primary sulfonamides is 1. The second-order valence-corrected chi connectivity index (χ2v) is 8.43. The Labute approximate surface area is 181 Å². The molecule has 0 saturated carbocycles. The summed E-state index contributed by atoms with van der Waals surface area (Å²) in [5.74, 6) is -0.440. The molecule has 0 aliphatic rings. The molecule has 0 unspecified atom stereocenters. The highest BCUT2D eigenvalue weighted by Gasteiger charge is 2.20. The number of nitrogens with one attached hydrogen (secondary N) is 2. The predicted molar refractivity (Wildman–Crippen MR) is 116 cm³/mol. The third-order valence-electron chi connectivity index (χ3n) is 4.47. The van der Waals surface area contributed by atoms with E-state index in [0.29, 0.717) is 24.5 Å². The van der Waals surface area contributed by atoms with Crippen LogP contribution < -0.4 is 15.9 Å². The molecule has 10 heteroatoms. The molecule has 0 saturated heterocycles. The van der Waals surface area contributed by atoms with Gasteiger partial charge in [-0.25, -0.2) is 23.7 Å². The molecule has 164 valence electrons. The van der Waals surface area contributed by atoms with Crippen molar-refractivity contribution in [2.45, 2.75) is 31.9 Å². The molecule has 3 rings (SSSR count). The molecule has 31 heavy (non-hydrogen) atoms. The molecule has 1 heterocycles. The molecule has 0 radical (unpaired) electrons. The van der Waals surface area contributed by atoms with Crippen LogP contribution in [-0.2, 0) is 28.0 Å². The Morgan fingerprint density at radius 3 is 2.58 bits per heavy atom. The Balaban J connectivity index is 1.95. The van der Waals surface area contributed by atoms with Crippen LogP contribution in [0.3, 0.4) is 0 Å². The Morgan fingerprint density at radius 2 is 1.90 bits per heavy atom. The van der Waals surface area contributed by atoms with Gasteiger partial charge in [0.2, 0.25) is 10.0 Å². The number of aromatic nitrogens is 2. The van der Waals surface area contributed by atoms with Crippen molar-refractivity contribution >= 4 is 15.9 Å². The van der Waals surface area contributed by atoms with Gasteiger partial charge in [-0.2, -0.15) is 5.10 Å². The highest BCUT2D eigenvalue weighted by Crippen LogP contribution is 2.21. The van der Waals surface area contributed by atoms with E-state index in [2.05, 4.69) is 15.9 Å². The molecule has 0 aliphatic carbocycles. The van der Waals surface area contributed by atoms with Crippen molar-refractivity contribution in [3.05, 3.63) is 77.1 Å². The van der Waals surface area contributed by atoms with Crippen LogP contribution in [-0.4, -0.2) is 30.7 Å². The van der Waals surface area contributed by atoms with Crippen LogP contribution in [0.5, 0.6) is 0 Å². The summed E-state index contributed by atoms with van der Waals surface area (Å²) in [5.41, 5.74) is 5.67. The number of nitrogens with two attached hydrogens (primary N) is 1. The van der Waals surface area contributed by atoms with Gasteiger partial charge in [0.05, 0.1) is 21.8 Å². The molecule has 1 amide bonds. The first-order valence-electron chi connectivity index (χ1n) is 9.69. The number of hydrogen-bond acceptors (Lipinski definition) is 6. The van der Waals surface area contributed by atoms with Crippen LogP contribution in [0, 0.1) is 6.92 Å². The number of benzene rings is 2. The van der Waals surface area contributed by atoms with E-state index in [0.717, 1.165) is 11.3 Å². The van der Waals surface area contributed by atoms with E-state index in [1.54, 1.807) is 4.68 Å². The summed E-state index contributed by atoms with van der Waals surface area (Å²) in [7, 11) is -3.98. The number of nitrogens with zero attached hydrogens (tertiary/aromatic N) is 2. The molecular formula is C21H25N5O4S. The van der Waals surface area contributed by atoms with Gasteiger partial charge in [-0.05, 0) is 36.8 Å². The molecule has 1 aromatic heterocycles. The van der Waals surface area contributed by atoms with Gasteiger partial charge in [0.15, 0.2) is 0 Å². The fraction of sp³-hybridized carbons (Fsp3) is 0.238. The number of sulfonamides is 1. The smallest absolute Gasteiger partial charge is 0.253 e. The Morgan fingerprint density at radius 1 is 1.16 bits per heavy atom. The van der Waals surface area contributed by atoms with Crippen LogP contribution in [0.15, 0.2) is 59.5 Å². The van der Waals surface area contributed by atoms with Crippen molar-refractivity contribution < 1.29 is 18.0 Å². The zero-order valence-corrected chi connectivity index (χ0v) is 18.1. The van der Waals surface area contributed by atoms with E-state index >= 15 is 0 Å². The molecule has 2 aromatic carbocycles. The second kappa shape index (κ2) is 9.84. The Kier molecular flexibility index (Phi) is 7.18. The second-order valence-electron chi connectivity index (χ2n) is 6.87. The Hall–Kier alpha value is -3.05. The fourth-order valence-electron chi connectivity index (χ4n) is 3.01. The lowest BCUT2D eigenvalue weighted by atomic mass is 10.1. The number of hydroxylamine groups is 1. The molecule has 0 aliphatic heterocycles. The van der Waals surface area contributed by atoms with Crippen LogP contribution in [0.2, 0.25) is 0 Å². The lowest BCUT2D eigenvalue weighted by molar-refractivity contribution is 0.0293. The maximum atomic E-state index is 13.0. The number of carbonyl (C=O) groups excluding carboxylic acids is 1. The summed E-state index contributed by atoms with van der Waals surface area (Å²) in [6.07, 6.45) is 0. The first-order chi connectivity index (χ1) is 14.8. The molecule has 0 fully saturated rings. The van der Waals surface area contributed by atoms with Crippen LogP contribution >= 0.6 is 0 Å². The largest absolute Gasteiger partial charge is 0.348 e. The summed E-state index contributed by atoms with van der Waals surface area (Å²) < 4.78 is 25.3. The molecular weight excluding hydrogens is 418 g/mol. The zero-order chi connectivity index (χ0) is 22.4. The molecule has 0 atom stereocenters. The van der Waals surface area contributed by atoms with Gasteiger partial charge in [-0.15, -0.1) is 0 Å². The molecule has 0 bridgehead atoms. The van der Waals surface area contributed by atoms with Gasteiger partial charge in [-0.1, -0.05) is 37.3 Å². The summed E-state index contributed by atoms with van der Waals surface area (Å²) in [4.78, 5) is 18.1. The third-order valence-corrected chi connectivity index (χ3v) is 5.38. The first-order valence-corrected chi connectivity index (χ1v) is 11.2. The fourth-order valence-corrected chi connectivity index (χ4v) is 3.55. The minimum Gasteiger partial charge on any atom is -0.348 e. The number of hydrogen-bond donors (Lipinski definition) is 3. The van der Waals surface area contributed by atoms with Gasteiger partial charge in [0.1, 0.15) is 6.61 Å². The van der Waals surface area contributed by atoms with Crippen LogP contribution in [0.25, 0.3) is 5.69 Å². The number of rotatable bonds is 9. The topological polar surface area (TPSA) is 128 Å². The lowest BCUT2D eigenvalue weighted by Gasteiger charge is -2.13. The van der Waals surface area contributed by atoms with Crippen molar-refractivity contribution in [2.75, 3.05) is 6.54 Å². The predicted octanol–water partition coefficient (Wildman–Crippen LogP) is 1.80. The van der Waals surface area contributed by atoms with Gasteiger partial charge in [0, 0.05) is 18.8 Å². The van der Waals surface area contributed by atoms with E-state index in [-0.39, 0.29) is 17.1 Å². The number of amides is 1. The third kappa shape index (κ3) is 5.76. The van der Waals surface area contributed by atoms with Crippen molar-refractivity contribution in [1.29, 1.82) is 0 Å². The van der Waals surface area contributed by atoms with E-state index in [1.165, 1.54) is 18.2 Å². The number of aryl methyl sites for hydroxylation is 1. The summed E-state index contributed by atoms with van der Waals surface area (Å²) >= 11 is 0. The SMILES string of the molecule is CCNOCc1cc(C)n(-c2ccc(S(N)(=O)=O)cc2C(=O)NCc2ccccc2)n1. The van der Waals surface area contributed by atoms with Crippen molar-refractivity contribution in [2.24, 2.45) is 5.14 Å². The van der Waals surface area contributed by atoms with Crippen molar-refractivity contribution in [3.63, 3.8) is 0 Å². The summed E-state index contributed by atoms with van der Waals surface area (Å²) in [5, 5.41) is 12.6. The highest BCUT2D eigenvalue weighted by molar-refractivity contribution is 7.89. The lowest BCUT2D eigenvalue weighted by Crippen LogP contribution is -2.25. The van der Waals surface area contributed by atoms with Gasteiger partial charge in [-0.3, -0.25) is 9.63 Å². The minimum absolute atomic E-state index is 0.146. The number of carbonyl (C=O) groups is 1. The van der Waals surface area contributed by atoms with E-state index in [4.69, 9.17) is 9.98 Å². The summed E-state index contributed by atoms with van der Waals surface area (Å²) in [6.45, 7) is 4.94. The molecule has 3 aromatic rings. The van der Waals surface area contributed by atoms with E-state index in [1.807, 2.05) is 50.2 Å².